The quantitative estimate of drug-likeness (QED) is 0.436. The van der Waals surface area contributed by atoms with E-state index in [-0.39, 0.29) is 5.02 Å². The minimum absolute atomic E-state index is 0.0240. The first-order chi connectivity index (χ1) is 13.8. The fourth-order valence-electron chi connectivity index (χ4n) is 3.25. The van der Waals surface area contributed by atoms with Crippen LogP contribution in [-0.4, -0.2) is 21.5 Å². The van der Waals surface area contributed by atoms with Crippen LogP contribution in [0, 0.1) is 5.92 Å². The van der Waals surface area contributed by atoms with Gasteiger partial charge < -0.3 is 10.2 Å². The number of nitrogens with zero attached hydrogens (tertiary/aromatic N) is 2. The van der Waals surface area contributed by atoms with Crippen LogP contribution in [0.5, 0.6) is 0 Å². The monoisotopic (exact) mass is 439 g/mol. The van der Waals surface area contributed by atoms with Gasteiger partial charge in [-0.25, -0.2) is 0 Å². The molecule has 1 aromatic carbocycles. The maximum absolute atomic E-state index is 12.9. The zero-order valence-corrected chi connectivity index (χ0v) is 17.2. The van der Waals surface area contributed by atoms with Crippen LogP contribution in [0.25, 0.3) is 0 Å². The van der Waals surface area contributed by atoms with Crippen LogP contribution in [0.2, 0.25) is 5.02 Å². The number of anilines is 1. The molecule has 0 amide bonds. The van der Waals surface area contributed by atoms with Crippen LogP contribution in [0.15, 0.2) is 54.9 Å². The van der Waals surface area contributed by atoms with Crippen LogP contribution in [0.3, 0.4) is 0 Å². The van der Waals surface area contributed by atoms with E-state index >= 15 is 0 Å². The number of alkyl halides is 3. The van der Waals surface area contributed by atoms with Gasteiger partial charge in [0, 0.05) is 25.5 Å². The second-order valence-electron chi connectivity index (χ2n) is 7.01. The van der Waals surface area contributed by atoms with Crippen molar-refractivity contribution in [3.8, 4) is 0 Å². The van der Waals surface area contributed by atoms with Crippen molar-refractivity contribution in [2.45, 2.75) is 32.0 Å². The molecule has 29 heavy (non-hydrogen) atoms. The lowest BCUT2D eigenvalue weighted by molar-refractivity contribution is -0.137. The summed E-state index contributed by atoms with van der Waals surface area (Å²) in [4.78, 5) is 6.16. The Bertz CT molecular complexity index is 871. The minimum Gasteiger partial charge on any atom is -0.344 e. The molecule has 0 spiro atoms. The van der Waals surface area contributed by atoms with E-state index in [2.05, 4.69) is 22.5 Å². The summed E-state index contributed by atoms with van der Waals surface area (Å²) < 4.78 is 38.6. The Morgan fingerprint density at radius 3 is 2.72 bits per heavy atom. The predicted octanol–water partition coefficient (Wildman–Crippen LogP) is 6.31. The molecule has 0 fully saturated rings. The average molecular weight is 440 g/mol. The molecule has 1 aromatic heterocycles. The third-order valence-electron chi connectivity index (χ3n) is 4.78. The van der Waals surface area contributed by atoms with Crippen LogP contribution in [0.1, 0.15) is 30.4 Å². The normalized spacial score (nSPS) is 16.5. The van der Waals surface area contributed by atoms with E-state index in [0.29, 0.717) is 23.3 Å². The number of hydrogen-bond donors (Lipinski definition) is 1. The third kappa shape index (κ3) is 6.18. The zero-order valence-electron chi connectivity index (χ0n) is 15.6. The van der Waals surface area contributed by atoms with Gasteiger partial charge in [-0.2, -0.15) is 13.2 Å². The molecule has 3 rings (SSSR count). The Morgan fingerprint density at radius 1 is 1.28 bits per heavy atom. The maximum Gasteiger partial charge on any atom is 0.416 e. The number of halogens is 4. The molecule has 1 unspecified atom stereocenters. The van der Waals surface area contributed by atoms with E-state index in [1.807, 2.05) is 17.0 Å². The topological polar surface area (TPSA) is 28.2 Å². The Morgan fingerprint density at radius 2 is 2.10 bits per heavy atom. The van der Waals surface area contributed by atoms with Gasteiger partial charge in [0.15, 0.2) is 5.11 Å². The molecule has 0 aliphatic heterocycles. The highest BCUT2D eigenvalue weighted by atomic mass is 35.5. The summed E-state index contributed by atoms with van der Waals surface area (Å²) in [5.74, 6) is 0.458. The summed E-state index contributed by atoms with van der Waals surface area (Å²) in [5, 5.41) is 3.42. The van der Waals surface area contributed by atoms with E-state index in [1.165, 1.54) is 6.07 Å². The zero-order chi connectivity index (χ0) is 20.9. The number of thiocarbonyl (C=S) groups is 1. The average Bonchev–Trinajstić information content (AvgIpc) is 2.70. The van der Waals surface area contributed by atoms with E-state index in [4.69, 9.17) is 23.8 Å². The molecule has 1 heterocycles. The first-order valence-electron chi connectivity index (χ1n) is 9.29. The van der Waals surface area contributed by atoms with Crippen molar-refractivity contribution >= 4 is 34.6 Å². The molecule has 3 nitrogen and oxygen atoms in total. The highest BCUT2D eigenvalue weighted by Crippen LogP contribution is 2.34. The van der Waals surface area contributed by atoms with Gasteiger partial charge in [0.1, 0.15) is 0 Å². The molecule has 2 aromatic rings. The molecule has 154 valence electrons. The van der Waals surface area contributed by atoms with Crippen molar-refractivity contribution in [1.82, 2.24) is 9.88 Å². The van der Waals surface area contributed by atoms with Crippen LogP contribution >= 0.6 is 23.8 Å². The SMILES string of the molecule is FC(F)(F)c1ccc(NC(=S)N(Cc2cccnc2)CC2CC=CCC2)c(Cl)c1. The molecule has 1 aliphatic carbocycles. The van der Waals surface area contributed by atoms with Gasteiger partial charge in [0.2, 0.25) is 0 Å². The standard InChI is InChI=1S/C21H21ClF3N3S/c22-18-11-17(21(23,24)25)8-9-19(18)27-20(29)28(13-15-5-2-1-3-6-15)14-16-7-4-10-26-12-16/h1-2,4,7-12,15H,3,5-6,13-14H2,(H,27,29). The summed E-state index contributed by atoms with van der Waals surface area (Å²) in [6, 6.07) is 7.04. The first-order valence-corrected chi connectivity index (χ1v) is 10.1. The van der Waals surface area contributed by atoms with Gasteiger partial charge in [-0.1, -0.05) is 29.8 Å². The minimum atomic E-state index is -4.44. The number of allylic oxidation sites excluding steroid dienone is 2. The molecule has 0 bridgehead atoms. The molecular formula is C21H21ClF3N3S. The lowest BCUT2D eigenvalue weighted by Crippen LogP contribution is -2.38. The van der Waals surface area contributed by atoms with Gasteiger partial charge in [-0.05, 0) is 67.2 Å². The van der Waals surface area contributed by atoms with Crippen molar-refractivity contribution in [2.75, 3.05) is 11.9 Å². The number of hydrogen-bond acceptors (Lipinski definition) is 2. The number of rotatable bonds is 5. The summed E-state index contributed by atoms with van der Waals surface area (Å²) in [5.41, 5.74) is 0.561. The van der Waals surface area contributed by atoms with E-state index in [9.17, 15) is 13.2 Å². The van der Waals surface area contributed by atoms with Crippen LogP contribution in [-0.2, 0) is 12.7 Å². The summed E-state index contributed by atoms with van der Waals surface area (Å²) >= 11 is 11.7. The summed E-state index contributed by atoms with van der Waals surface area (Å²) in [6.45, 7) is 1.29. The van der Waals surface area contributed by atoms with Crippen molar-refractivity contribution in [3.63, 3.8) is 0 Å². The summed E-state index contributed by atoms with van der Waals surface area (Å²) in [7, 11) is 0. The number of pyridine rings is 1. The lowest BCUT2D eigenvalue weighted by Gasteiger charge is -2.31. The molecule has 1 aliphatic rings. The van der Waals surface area contributed by atoms with Gasteiger partial charge >= 0.3 is 6.18 Å². The smallest absolute Gasteiger partial charge is 0.344 e. The Hall–Kier alpha value is -2.12. The van der Waals surface area contributed by atoms with Crippen molar-refractivity contribution in [1.29, 1.82) is 0 Å². The van der Waals surface area contributed by atoms with Gasteiger partial charge in [-0.15, -0.1) is 0 Å². The van der Waals surface area contributed by atoms with E-state index < -0.39 is 11.7 Å². The lowest BCUT2D eigenvalue weighted by atomic mass is 9.94. The Kier molecular flexibility index (Phi) is 7.14. The second kappa shape index (κ2) is 9.59. The second-order valence-corrected chi connectivity index (χ2v) is 7.81. The van der Waals surface area contributed by atoms with Gasteiger partial charge in [0.25, 0.3) is 0 Å². The maximum atomic E-state index is 12.9. The highest BCUT2D eigenvalue weighted by molar-refractivity contribution is 7.80. The van der Waals surface area contributed by atoms with Gasteiger partial charge in [-0.3, -0.25) is 4.98 Å². The van der Waals surface area contributed by atoms with Crippen LogP contribution < -0.4 is 5.32 Å². The fraction of sp³-hybridized carbons (Fsp3) is 0.333. The molecule has 0 radical (unpaired) electrons. The van der Waals surface area contributed by atoms with Crippen molar-refractivity contribution < 1.29 is 13.2 Å². The molecule has 1 atom stereocenters. The Balaban J connectivity index is 1.75. The summed E-state index contributed by atoms with van der Waals surface area (Å²) in [6.07, 6.45) is 6.50. The highest BCUT2D eigenvalue weighted by Gasteiger charge is 2.31. The number of aromatic nitrogens is 1. The third-order valence-corrected chi connectivity index (χ3v) is 5.45. The predicted molar refractivity (Wildman–Crippen MR) is 114 cm³/mol. The number of benzene rings is 1. The van der Waals surface area contributed by atoms with Crippen molar-refractivity contribution in [3.05, 3.63) is 71.0 Å². The molecule has 8 heteroatoms. The van der Waals surface area contributed by atoms with Crippen molar-refractivity contribution in [2.24, 2.45) is 5.92 Å². The van der Waals surface area contributed by atoms with E-state index in [1.54, 1.807) is 12.4 Å². The van der Waals surface area contributed by atoms with E-state index in [0.717, 1.165) is 43.5 Å². The van der Waals surface area contributed by atoms with Crippen LogP contribution in [0.4, 0.5) is 18.9 Å². The largest absolute Gasteiger partial charge is 0.416 e. The number of nitrogens with one attached hydrogen (secondary N) is 1. The molecule has 0 saturated heterocycles. The van der Waals surface area contributed by atoms with Gasteiger partial charge in [0.05, 0.1) is 16.3 Å². The molecule has 0 saturated carbocycles. The molecular weight excluding hydrogens is 419 g/mol. The Labute approximate surface area is 178 Å². The first kappa shape index (κ1) is 21.6. The molecule has 1 N–H and O–H groups in total. The fourth-order valence-corrected chi connectivity index (χ4v) is 3.73.